The average molecular weight is 476 g/mol. The minimum absolute atomic E-state index is 0.242. The number of furan rings is 1. The van der Waals surface area contributed by atoms with Gasteiger partial charge in [-0.3, -0.25) is 10.1 Å². The number of nitrogens with zero attached hydrogens (tertiary/aromatic N) is 7. The third-order valence-electron chi connectivity index (χ3n) is 5.96. The van der Waals surface area contributed by atoms with Crippen LogP contribution >= 0.6 is 11.6 Å². The van der Waals surface area contributed by atoms with Gasteiger partial charge in [-0.25, -0.2) is 9.38 Å². The van der Waals surface area contributed by atoms with Crippen LogP contribution in [0, 0.1) is 10.1 Å². The van der Waals surface area contributed by atoms with Crippen LogP contribution in [0.4, 0.5) is 17.5 Å². The van der Waals surface area contributed by atoms with Crippen LogP contribution in [0.5, 0.6) is 0 Å². The summed E-state index contributed by atoms with van der Waals surface area (Å²) in [4.78, 5) is 20.0. The lowest BCUT2D eigenvalue weighted by Crippen LogP contribution is -2.47. The molecule has 1 fully saturated rings. The number of hydrogen-bond donors (Lipinski definition) is 0. The van der Waals surface area contributed by atoms with Gasteiger partial charge in [0.15, 0.2) is 11.4 Å². The lowest BCUT2D eigenvalue weighted by molar-refractivity contribution is -0.401. The van der Waals surface area contributed by atoms with Crippen molar-refractivity contribution in [3.63, 3.8) is 0 Å². The first kappa shape index (κ1) is 20.4. The summed E-state index contributed by atoms with van der Waals surface area (Å²) >= 11 is 6.25. The van der Waals surface area contributed by atoms with E-state index in [4.69, 9.17) is 21.0 Å². The summed E-state index contributed by atoms with van der Waals surface area (Å²) in [6, 6.07) is 18.6. The lowest BCUT2D eigenvalue weighted by Gasteiger charge is -2.36. The van der Waals surface area contributed by atoms with Crippen LogP contribution in [0.3, 0.4) is 0 Å². The summed E-state index contributed by atoms with van der Waals surface area (Å²) < 4.78 is 7.24. The molecule has 0 spiro atoms. The van der Waals surface area contributed by atoms with Crippen LogP contribution in [0.1, 0.15) is 0 Å². The molecule has 0 N–H and O–H groups in total. The second-order valence-corrected chi connectivity index (χ2v) is 8.40. The monoisotopic (exact) mass is 475 g/mol. The molecule has 1 aliphatic heterocycles. The van der Waals surface area contributed by atoms with E-state index in [0.29, 0.717) is 22.4 Å². The minimum Gasteiger partial charge on any atom is -0.397 e. The number of anilines is 2. The summed E-state index contributed by atoms with van der Waals surface area (Å²) in [7, 11) is 0. The SMILES string of the molecule is O=[N+]([O-])c1ccc(-c2nnc3c4cc(Cl)ccc4nc(N4CCN(c5ccccc5)CC4)n23)o1. The van der Waals surface area contributed by atoms with Gasteiger partial charge < -0.3 is 14.2 Å². The molecule has 4 heterocycles. The number of halogens is 1. The van der Waals surface area contributed by atoms with Crippen LogP contribution in [0.15, 0.2) is 65.1 Å². The number of nitro groups is 1. The summed E-state index contributed by atoms with van der Waals surface area (Å²) in [5.74, 6) is 0.877. The van der Waals surface area contributed by atoms with E-state index in [1.807, 2.05) is 24.3 Å². The largest absolute Gasteiger partial charge is 0.433 e. The summed E-state index contributed by atoms with van der Waals surface area (Å²) in [5, 5.41) is 21.1. The van der Waals surface area contributed by atoms with Crippen molar-refractivity contribution < 1.29 is 9.34 Å². The van der Waals surface area contributed by atoms with Crippen LogP contribution in [-0.4, -0.2) is 50.7 Å². The molecule has 2 aromatic carbocycles. The molecule has 6 rings (SSSR count). The fourth-order valence-corrected chi connectivity index (χ4v) is 4.48. The second kappa shape index (κ2) is 7.99. The maximum atomic E-state index is 11.2. The molecule has 34 heavy (non-hydrogen) atoms. The number of fused-ring (bicyclic) bond motifs is 3. The Morgan fingerprint density at radius 3 is 2.44 bits per heavy atom. The van der Waals surface area contributed by atoms with E-state index < -0.39 is 4.92 Å². The Morgan fingerprint density at radius 2 is 1.71 bits per heavy atom. The molecule has 1 saturated heterocycles. The number of para-hydroxylation sites is 1. The molecular formula is C23H18ClN7O3. The minimum atomic E-state index is -0.580. The zero-order valence-corrected chi connectivity index (χ0v) is 18.6. The quantitative estimate of drug-likeness (QED) is 0.277. The Labute approximate surface area is 198 Å². The van der Waals surface area contributed by atoms with Crippen molar-refractivity contribution in [2.24, 2.45) is 0 Å². The Balaban J connectivity index is 1.46. The number of aromatic nitrogens is 4. The summed E-state index contributed by atoms with van der Waals surface area (Å²) in [6.45, 7) is 3.09. The molecule has 5 aromatic rings. The van der Waals surface area contributed by atoms with Gasteiger partial charge in [-0.05, 0) is 36.4 Å². The normalized spacial score (nSPS) is 14.3. The van der Waals surface area contributed by atoms with E-state index >= 15 is 0 Å². The molecule has 170 valence electrons. The Hall–Kier alpha value is -4.18. The lowest BCUT2D eigenvalue weighted by atomic mass is 10.2. The van der Waals surface area contributed by atoms with Gasteiger partial charge in [-0.15, -0.1) is 10.2 Å². The molecule has 3 aromatic heterocycles. The molecule has 0 atom stereocenters. The maximum absolute atomic E-state index is 11.2. The van der Waals surface area contributed by atoms with Gasteiger partial charge in [0, 0.05) is 42.3 Å². The molecule has 11 heteroatoms. The second-order valence-electron chi connectivity index (χ2n) is 7.96. The van der Waals surface area contributed by atoms with Gasteiger partial charge in [0.25, 0.3) is 0 Å². The topological polar surface area (TPSA) is 106 Å². The molecule has 0 unspecified atom stereocenters. The fraction of sp³-hybridized carbons (Fsp3) is 0.174. The van der Waals surface area contributed by atoms with Crippen molar-refractivity contribution in [1.82, 2.24) is 19.6 Å². The number of hydrogen-bond acceptors (Lipinski definition) is 8. The van der Waals surface area contributed by atoms with Crippen molar-refractivity contribution in [3.05, 3.63) is 75.8 Å². The van der Waals surface area contributed by atoms with E-state index in [2.05, 4.69) is 32.1 Å². The average Bonchev–Trinajstić information content (AvgIpc) is 3.52. The first-order valence-corrected chi connectivity index (χ1v) is 11.1. The van der Waals surface area contributed by atoms with Crippen LogP contribution in [-0.2, 0) is 0 Å². The zero-order chi connectivity index (χ0) is 23.2. The highest BCUT2D eigenvalue weighted by Crippen LogP contribution is 2.32. The first-order valence-electron chi connectivity index (χ1n) is 10.7. The van der Waals surface area contributed by atoms with E-state index in [1.165, 1.54) is 17.8 Å². The first-order chi connectivity index (χ1) is 16.6. The van der Waals surface area contributed by atoms with Crippen LogP contribution < -0.4 is 9.80 Å². The van der Waals surface area contributed by atoms with E-state index in [9.17, 15) is 10.1 Å². The van der Waals surface area contributed by atoms with E-state index in [-0.39, 0.29) is 11.6 Å². The van der Waals surface area contributed by atoms with Crippen molar-refractivity contribution in [3.8, 4) is 11.6 Å². The molecule has 10 nitrogen and oxygen atoms in total. The number of piperazine rings is 1. The van der Waals surface area contributed by atoms with Crippen LogP contribution in [0.25, 0.3) is 28.1 Å². The van der Waals surface area contributed by atoms with Gasteiger partial charge in [0.1, 0.15) is 4.92 Å². The summed E-state index contributed by atoms with van der Waals surface area (Å²) in [5.41, 5.74) is 2.48. The number of benzene rings is 2. The van der Waals surface area contributed by atoms with Crippen molar-refractivity contribution in [2.75, 3.05) is 36.0 Å². The Kier molecular flexibility index (Phi) is 4.80. The van der Waals surface area contributed by atoms with Gasteiger partial charge in [-0.1, -0.05) is 29.8 Å². The molecule has 0 radical (unpaired) electrons. The highest BCUT2D eigenvalue weighted by molar-refractivity contribution is 6.31. The van der Waals surface area contributed by atoms with E-state index in [1.54, 1.807) is 16.5 Å². The molecule has 0 amide bonds. The van der Waals surface area contributed by atoms with Crippen molar-refractivity contribution in [2.45, 2.75) is 0 Å². The molecule has 0 aliphatic carbocycles. The van der Waals surface area contributed by atoms with Crippen molar-refractivity contribution in [1.29, 1.82) is 0 Å². The molecule has 0 saturated carbocycles. The van der Waals surface area contributed by atoms with Gasteiger partial charge in [-0.2, -0.15) is 0 Å². The van der Waals surface area contributed by atoms with Gasteiger partial charge in [0.05, 0.1) is 11.6 Å². The van der Waals surface area contributed by atoms with E-state index in [0.717, 1.165) is 37.1 Å². The van der Waals surface area contributed by atoms with Crippen LogP contribution in [0.2, 0.25) is 5.02 Å². The predicted octanol–water partition coefficient (Wildman–Crippen LogP) is 4.43. The molecule has 1 aliphatic rings. The van der Waals surface area contributed by atoms with Crippen molar-refractivity contribution >= 4 is 45.7 Å². The third-order valence-corrected chi connectivity index (χ3v) is 6.19. The highest BCUT2D eigenvalue weighted by Gasteiger charge is 2.26. The number of rotatable bonds is 4. The molecular weight excluding hydrogens is 458 g/mol. The Bertz CT molecular complexity index is 1520. The molecule has 0 bridgehead atoms. The highest BCUT2D eigenvalue weighted by atomic mass is 35.5. The smallest absolute Gasteiger partial charge is 0.397 e. The maximum Gasteiger partial charge on any atom is 0.433 e. The van der Waals surface area contributed by atoms with Gasteiger partial charge >= 0.3 is 5.88 Å². The standard InChI is InChI=1S/C23H18ClN7O3/c24-15-6-7-18-17(14-15)21-26-27-22(19-8-9-20(34-19)31(32)33)30(21)23(25-18)29-12-10-28(11-13-29)16-4-2-1-3-5-16/h1-9,14H,10-13H2. The Morgan fingerprint density at radius 1 is 0.941 bits per heavy atom. The zero-order valence-electron chi connectivity index (χ0n) is 17.8. The predicted molar refractivity (Wildman–Crippen MR) is 129 cm³/mol. The van der Waals surface area contributed by atoms with Gasteiger partial charge in [0.2, 0.25) is 11.8 Å². The third kappa shape index (κ3) is 3.39. The summed E-state index contributed by atoms with van der Waals surface area (Å²) in [6.07, 6.45) is 0. The fourth-order valence-electron chi connectivity index (χ4n) is 4.31.